The van der Waals surface area contributed by atoms with Crippen LogP contribution in [0.4, 0.5) is 5.69 Å². The number of nitrogens with one attached hydrogen (secondary N) is 1. The molecule has 4 rings (SSSR count). The Morgan fingerprint density at radius 3 is 2.89 bits per heavy atom. The van der Waals surface area contributed by atoms with Crippen LogP contribution < -0.4 is 5.32 Å². The fourth-order valence-corrected chi connectivity index (χ4v) is 2.81. The van der Waals surface area contributed by atoms with E-state index >= 15 is 0 Å². The van der Waals surface area contributed by atoms with Gasteiger partial charge in [-0.2, -0.15) is 0 Å². The molecule has 3 aromatic rings. The Kier molecular flexibility index (Phi) is 1.84. The molecule has 88 valence electrons. The van der Waals surface area contributed by atoms with Gasteiger partial charge < -0.3 is 9.88 Å². The van der Waals surface area contributed by atoms with Crippen molar-refractivity contribution in [3.05, 3.63) is 59.8 Å². The summed E-state index contributed by atoms with van der Waals surface area (Å²) >= 11 is 0. The average molecular weight is 234 g/mol. The first-order valence-corrected chi connectivity index (χ1v) is 6.27. The fraction of sp³-hybridized carbons (Fsp3) is 0.125. The number of hydrogen-bond acceptors (Lipinski definition) is 1. The Balaban J connectivity index is 2.11. The zero-order valence-corrected chi connectivity index (χ0v) is 10.3. The number of benzene rings is 2. The molecule has 0 saturated heterocycles. The molecule has 0 aliphatic carbocycles. The minimum absolute atomic E-state index is 0.894. The fourth-order valence-electron chi connectivity index (χ4n) is 2.81. The van der Waals surface area contributed by atoms with Gasteiger partial charge in [0.2, 0.25) is 0 Å². The van der Waals surface area contributed by atoms with Gasteiger partial charge in [0.05, 0.1) is 23.4 Å². The van der Waals surface area contributed by atoms with E-state index in [9.17, 15) is 0 Å². The molecule has 0 saturated carbocycles. The van der Waals surface area contributed by atoms with E-state index in [1.165, 1.54) is 33.5 Å². The van der Waals surface area contributed by atoms with Crippen LogP contribution in [0.5, 0.6) is 0 Å². The molecule has 18 heavy (non-hydrogen) atoms. The largest absolute Gasteiger partial charge is 0.378 e. The van der Waals surface area contributed by atoms with Crippen molar-refractivity contribution in [1.29, 1.82) is 0 Å². The molecule has 1 aromatic heterocycles. The molecule has 0 atom stereocenters. The third-order valence-electron chi connectivity index (χ3n) is 3.64. The van der Waals surface area contributed by atoms with Gasteiger partial charge in [-0.25, -0.2) is 0 Å². The van der Waals surface area contributed by atoms with E-state index in [0.717, 1.165) is 6.54 Å². The number of aryl methyl sites for hydroxylation is 1. The molecular formula is C16H14N2. The minimum Gasteiger partial charge on any atom is -0.378 e. The number of anilines is 1. The first kappa shape index (κ1) is 9.77. The third-order valence-corrected chi connectivity index (χ3v) is 3.64. The lowest BCUT2D eigenvalue weighted by Crippen LogP contribution is -2.14. The second kappa shape index (κ2) is 3.39. The van der Waals surface area contributed by atoms with Crippen LogP contribution in [0.2, 0.25) is 0 Å². The lowest BCUT2D eigenvalue weighted by atomic mass is 10.2. The summed E-state index contributed by atoms with van der Waals surface area (Å²) in [5, 5.41) is 4.80. The predicted octanol–water partition coefficient (Wildman–Crippen LogP) is 3.86. The number of rotatable bonds is 0. The molecule has 0 amide bonds. The molecule has 2 heteroatoms. The van der Waals surface area contributed by atoms with E-state index in [2.05, 4.69) is 65.3 Å². The number of aromatic nitrogens is 1. The maximum atomic E-state index is 3.47. The second-order valence-electron chi connectivity index (χ2n) is 4.90. The SMILES string of the molecule is Cc1ccc2c(c1)cc1n2-c2ccccc2NC1. The van der Waals surface area contributed by atoms with Gasteiger partial charge in [-0.1, -0.05) is 23.8 Å². The van der Waals surface area contributed by atoms with Gasteiger partial charge in [0.25, 0.3) is 0 Å². The molecule has 1 N–H and O–H groups in total. The van der Waals surface area contributed by atoms with E-state index in [-0.39, 0.29) is 0 Å². The highest BCUT2D eigenvalue weighted by Crippen LogP contribution is 2.33. The summed E-state index contributed by atoms with van der Waals surface area (Å²) in [6.07, 6.45) is 0. The first-order chi connectivity index (χ1) is 8.83. The van der Waals surface area contributed by atoms with Crippen molar-refractivity contribution in [2.24, 2.45) is 0 Å². The van der Waals surface area contributed by atoms with Gasteiger partial charge in [0.15, 0.2) is 0 Å². The van der Waals surface area contributed by atoms with Crippen molar-refractivity contribution in [3.8, 4) is 5.69 Å². The summed E-state index contributed by atoms with van der Waals surface area (Å²) in [5.41, 5.74) is 6.39. The molecule has 2 nitrogen and oxygen atoms in total. The topological polar surface area (TPSA) is 17.0 Å². The Bertz CT molecular complexity index is 753. The number of hydrogen-bond donors (Lipinski definition) is 1. The highest BCUT2D eigenvalue weighted by atomic mass is 15.1. The van der Waals surface area contributed by atoms with Gasteiger partial charge in [-0.15, -0.1) is 0 Å². The van der Waals surface area contributed by atoms with Crippen LogP contribution in [0.25, 0.3) is 16.6 Å². The molecule has 0 bridgehead atoms. The zero-order chi connectivity index (χ0) is 12.1. The lowest BCUT2D eigenvalue weighted by Gasteiger charge is -2.21. The van der Waals surface area contributed by atoms with Crippen LogP contribution in [0.15, 0.2) is 48.5 Å². The van der Waals surface area contributed by atoms with E-state index in [1.807, 2.05) is 0 Å². The van der Waals surface area contributed by atoms with Crippen LogP contribution in [-0.2, 0) is 6.54 Å². The van der Waals surface area contributed by atoms with Crippen molar-refractivity contribution >= 4 is 16.6 Å². The van der Waals surface area contributed by atoms with E-state index in [0.29, 0.717) is 0 Å². The molecule has 0 unspecified atom stereocenters. The normalized spacial score (nSPS) is 12.9. The first-order valence-electron chi connectivity index (χ1n) is 6.27. The van der Waals surface area contributed by atoms with Crippen LogP contribution >= 0.6 is 0 Å². The van der Waals surface area contributed by atoms with Gasteiger partial charge in [-0.3, -0.25) is 0 Å². The quantitative estimate of drug-likeness (QED) is 0.625. The van der Waals surface area contributed by atoms with E-state index in [4.69, 9.17) is 0 Å². The van der Waals surface area contributed by atoms with Gasteiger partial charge in [-0.05, 0) is 37.3 Å². The highest BCUT2D eigenvalue weighted by Gasteiger charge is 2.17. The molecule has 0 spiro atoms. The minimum atomic E-state index is 0.894. The van der Waals surface area contributed by atoms with Gasteiger partial charge in [0, 0.05) is 11.1 Å². The third kappa shape index (κ3) is 1.23. The van der Waals surface area contributed by atoms with Crippen molar-refractivity contribution < 1.29 is 0 Å². The Hall–Kier alpha value is -2.22. The number of fused-ring (bicyclic) bond motifs is 5. The summed E-state index contributed by atoms with van der Waals surface area (Å²) in [6.45, 7) is 3.03. The zero-order valence-electron chi connectivity index (χ0n) is 10.3. The number of nitrogens with zero attached hydrogens (tertiary/aromatic N) is 1. The van der Waals surface area contributed by atoms with Crippen molar-refractivity contribution in [1.82, 2.24) is 4.57 Å². The molecule has 1 aliphatic heterocycles. The standard InChI is InChI=1S/C16H14N2/c1-11-6-7-15-12(8-11)9-13-10-17-14-4-2-3-5-16(14)18(13)15/h2-9,17H,10H2,1H3. The van der Waals surface area contributed by atoms with E-state index < -0.39 is 0 Å². The Morgan fingerprint density at radius 2 is 1.94 bits per heavy atom. The lowest BCUT2D eigenvalue weighted by molar-refractivity contribution is 0.930. The predicted molar refractivity (Wildman–Crippen MR) is 75.3 cm³/mol. The summed E-state index contributed by atoms with van der Waals surface area (Å²) in [7, 11) is 0. The van der Waals surface area contributed by atoms with Crippen LogP contribution in [0.1, 0.15) is 11.3 Å². The maximum Gasteiger partial charge on any atom is 0.0691 e. The Morgan fingerprint density at radius 1 is 1.06 bits per heavy atom. The molecular weight excluding hydrogens is 220 g/mol. The summed E-state index contributed by atoms with van der Waals surface area (Å²) < 4.78 is 2.36. The smallest absolute Gasteiger partial charge is 0.0691 e. The maximum absolute atomic E-state index is 3.47. The summed E-state index contributed by atoms with van der Waals surface area (Å²) in [6, 6.07) is 17.4. The van der Waals surface area contributed by atoms with Gasteiger partial charge in [0.1, 0.15) is 0 Å². The average Bonchev–Trinajstić information content (AvgIpc) is 2.76. The molecule has 0 fully saturated rings. The second-order valence-corrected chi connectivity index (χ2v) is 4.90. The van der Waals surface area contributed by atoms with E-state index in [1.54, 1.807) is 0 Å². The van der Waals surface area contributed by atoms with Crippen molar-refractivity contribution in [3.63, 3.8) is 0 Å². The highest BCUT2D eigenvalue weighted by molar-refractivity contribution is 5.86. The van der Waals surface area contributed by atoms with Crippen molar-refractivity contribution in [2.45, 2.75) is 13.5 Å². The molecule has 2 aromatic carbocycles. The molecule has 2 heterocycles. The monoisotopic (exact) mass is 234 g/mol. The van der Waals surface area contributed by atoms with Crippen LogP contribution in [-0.4, -0.2) is 4.57 Å². The van der Waals surface area contributed by atoms with Crippen molar-refractivity contribution in [2.75, 3.05) is 5.32 Å². The summed E-state index contributed by atoms with van der Waals surface area (Å²) in [4.78, 5) is 0. The van der Waals surface area contributed by atoms with Crippen LogP contribution in [0, 0.1) is 6.92 Å². The van der Waals surface area contributed by atoms with Crippen LogP contribution in [0.3, 0.4) is 0 Å². The Labute approximate surface area is 106 Å². The summed E-state index contributed by atoms with van der Waals surface area (Å²) in [5.74, 6) is 0. The number of para-hydroxylation sites is 2. The molecule has 1 aliphatic rings. The van der Waals surface area contributed by atoms with Gasteiger partial charge >= 0.3 is 0 Å². The molecule has 0 radical (unpaired) electrons.